The molecule has 0 bridgehead atoms. The summed E-state index contributed by atoms with van der Waals surface area (Å²) < 4.78 is 89.4. The van der Waals surface area contributed by atoms with Crippen LogP contribution in [-0.4, -0.2) is 174 Å². The molecule has 6 aliphatic rings. The van der Waals surface area contributed by atoms with Gasteiger partial charge in [-0.3, -0.25) is 33.1 Å². The van der Waals surface area contributed by atoms with Crippen molar-refractivity contribution in [1.82, 2.24) is 45.1 Å². The molecule has 0 saturated carbocycles. The molecule has 2 aromatic heterocycles. The van der Waals surface area contributed by atoms with Gasteiger partial charge in [-0.2, -0.15) is 8.62 Å². The maximum Gasteiger partial charge on any atom is 0.490 e. The van der Waals surface area contributed by atoms with Crippen LogP contribution in [0.3, 0.4) is 0 Å². The molecule has 626 valence electrons. The van der Waals surface area contributed by atoms with Crippen molar-refractivity contribution in [2.75, 3.05) is 88.2 Å². The van der Waals surface area contributed by atoms with E-state index in [0.29, 0.717) is 74.7 Å². The first-order valence-electron chi connectivity index (χ1n) is 38.3. The number of carboxylic acid groups (broad SMARTS) is 1. The number of amides is 3. The van der Waals surface area contributed by atoms with Crippen molar-refractivity contribution in [3.8, 4) is 23.3 Å². The third-order valence-corrected chi connectivity index (χ3v) is 28.5. The third kappa shape index (κ3) is 23.3. The van der Waals surface area contributed by atoms with Crippen LogP contribution in [0.25, 0.3) is 5.57 Å². The number of unbranched alkanes of at least 4 members (excludes halogenated alkanes) is 1. The maximum absolute atomic E-state index is 14.3. The Balaban J connectivity index is 0.533. The zero-order valence-corrected chi connectivity index (χ0v) is 70.8. The summed E-state index contributed by atoms with van der Waals surface area (Å²) in [5.74, 6) is 6.47. The van der Waals surface area contributed by atoms with E-state index in [0.717, 1.165) is 132 Å². The molecule has 0 spiro atoms. The number of carboxylic acids is 1. The van der Waals surface area contributed by atoms with Gasteiger partial charge in [-0.05, 0) is 130 Å². The summed E-state index contributed by atoms with van der Waals surface area (Å²) in [6.45, 7) is 15.0. The first-order chi connectivity index (χ1) is 55.4. The largest absolute Gasteiger partial charge is 0.490 e. The number of phosphoric ester groups is 1. The fourth-order valence-electron chi connectivity index (χ4n) is 14.9. The lowest BCUT2D eigenvalue weighted by Gasteiger charge is -2.39. The predicted octanol–water partition coefficient (Wildman–Crippen LogP) is 8.80. The Morgan fingerprint density at radius 2 is 1.58 bits per heavy atom. The van der Waals surface area contributed by atoms with Gasteiger partial charge in [-0.1, -0.05) is 100 Å². The summed E-state index contributed by atoms with van der Waals surface area (Å²) >= 11 is 0. The first kappa shape index (κ1) is 88.2. The highest BCUT2D eigenvalue weighted by molar-refractivity contribution is 8.77. The van der Waals surface area contributed by atoms with Crippen LogP contribution in [0.15, 0.2) is 81.5 Å². The molecule has 116 heavy (non-hydrogen) atoms. The van der Waals surface area contributed by atoms with Crippen LogP contribution in [0.5, 0.6) is 11.5 Å². The number of aromatic nitrogens is 5. The Labute approximate surface area is 685 Å². The number of benzene rings is 4. The van der Waals surface area contributed by atoms with Crippen molar-refractivity contribution >= 4 is 102 Å². The number of ether oxygens (including phenoxy) is 6. The van der Waals surface area contributed by atoms with E-state index >= 15 is 0 Å². The number of aromatic carboxylic acids is 1. The number of alkyl carbamates (subject to hydrolysis) is 1. The normalized spacial score (nSPS) is 18.4. The lowest BCUT2D eigenvalue weighted by atomic mass is 9.81. The number of nitrogens with zero attached hydrogens (tertiary/aromatic N) is 6. The molecule has 9 N–H and O–H groups in total. The van der Waals surface area contributed by atoms with E-state index in [4.69, 9.17) is 42.7 Å². The molecule has 3 unspecified atom stereocenters. The van der Waals surface area contributed by atoms with Crippen molar-refractivity contribution in [2.24, 2.45) is 5.41 Å². The molecular weight excluding hydrogens is 1640 g/mol. The number of anilines is 1. The molecule has 6 atom stereocenters. The molecule has 3 amide bonds. The Hall–Kier alpha value is -7.14. The van der Waals surface area contributed by atoms with E-state index in [1.807, 2.05) is 44.3 Å². The van der Waals surface area contributed by atoms with Gasteiger partial charge in [0, 0.05) is 113 Å². The monoisotopic (exact) mass is 1740 g/mol. The van der Waals surface area contributed by atoms with Gasteiger partial charge >= 0.3 is 41.2 Å². The number of phosphoric acid groups is 3. The summed E-state index contributed by atoms with van der Waals surface area (Å²) in [4.78, 5) is 122. The second kappa shape index (κ2) is 39.4. The Morgan fingerprint density at radius 1 is 0.819 bits per heavy atom. The van der Waals surface area contributed by atoms with Crippen LogP contribution in [0.2, 0.25) is 0 Å². The van der Waals surface area contributed by atoms with E-state index in [-0.39, 0.29) is 66.8 Å². The Kier molecular flexibility index (Phi) is 29.9. The zero-order valence-electron chi connectivity index (χ0n) is 64.8. The molecular formula is C76H96N10O23P3S4+. The van der Waals surface area contributed by atoms with Gasteiger partial charge in [0.1, 0.15) is 60.1 Å². The van der Waals surface area contributed by atoms with E-state index in [9.17, 15) is 57.4 Å². The van der Waals surface area contributed by atoms with Crippen molar-refractivity contribution in [1.29, 1.82) is 0 Å². The summed E-state index contributed by atoms with van der Waals surface area (Å²) in [5, 5.41) is 30.5. The molecule has 33 nitrogen and oxygen atoms in total. The van der Waals surface area contributed by atoms with Gasteiger partial charge in [0.15, 0.2) is 0 Å². The van der Waals surface area contributed by atoms with E-state index in [2.05, 4.69) is 94.1 Å². The molecule has 0 aliphatic carbocycles. The van der Waals surface area contributed by atoms with Gasteiger partial charge in [0.05, 0.1) is 68.4 Å². The highest BCUT2D eigenvalue weighted by atomic mass is 33.1. The second-order valence-corrected chi connectivity index (χ2v) is 39.1. The van der Waals surface area contributed by atoms with Crippen molar-refractivity contribution in [2.45, 2.75) is 167 Å². The standard InChI is InChI=1S/C76H95N10O23P3S4/c1-6-76(5,104-45-75(3,4)44-85-42-53(81-82-85)40-79-70(88)51-22-25-55(72(90)91)58(38-51)65-59-36-49-16-11-29-83-31-13-18-56(66(49)83)68(59)107-69-57-19-14-32-84-30-12-17-50(67(57)84)37-60(65)69)26-28-77-63(87)35-48-20-23-54(24-21-48)116-115-46-101-33-8-9-34-102-74(93)78-27-10-15-52-41-86(73(92)80-71(52)89)64-39-61(103-47-114-113-7-2)62(106-64)43-105-111(97,98)109-112(99,100)108-110(94,95)96/h20-25,36-38,41-42,61-62,64H,6-9,11-14,16-19,26-35,39-40,43-47H2,1-5H3,(H8-,77,78,79,80,87,88,89,90,91,92,93,94,95,96,97,98,99,100)/p+1/t61-,62-,64-,76?/m1/s1. The van der Waals surface area contributed by atoms with Crippen molar-refractivity contribution in [3.63, 3.8) is 0 Å². The van der Waals surface area contributed by atoms with E-state index < -0.39 is 77.4 Å². The van der Waals surface area contributed by atoms with Crippen LogP contribution >= 0.6 is 66.6 Å². The molecule has 40 heteroatoms. The average Bonchev–Trinajstić information content (AvgIpc) is 1.18. The number of hydrogen-bond donors (Lipinski definition) is 9. The van der Waals surface area contributed by atoms with Gasteiger partial charge in [0.25, 0.3) is 11.5 Å². The van der Waals surface area contributed by atoms with Gasteiger partial charge in [0.2, 0.25) is 11.3 Å². The molecule has 6 aromatic rings. The SMILES string of the molecule is CCSSCO[C@@H]1C[C@H](n2cc(C#CCNC(=O)OCCCCOCSSc3ccc(CC(=O)NCCC(C)(CC)OCC(C)(C)Cn4cc(CNC(=O)c5ccc(C(=O)O)c(C6=c7cc8c9c(c7Oc7c6cc6c%10c7CCCN%10CCC6)CCC[N+]=9CCC8)c5)nn4)cc3)c(=O)[nH]c2=O)O[C@@H]1COP(=O)(O)OP(=O)(O)OP(=O)(O)O. The van der Waals surface area contributed by atoms with Gasteiger partial charge < -0.3 is 74.0 Å². The minimum atomic E-state index is -5.80. The van der Waals surface area contributed by atoms with Crippen LogP contribution in [0, 0.1) is 17.3 Å². The van der Waals surface area contributed by atoms with Crippen LogP contribution in [0.4, 0.5) is 10.5 Å². The number of aromatic amines is 1. The van der Waals surface area contributed by atoms with E-state index in [1.165, 1.54) is 76.5 Å². The topological polar surface area (TPSA) is 432 Å². The lowest BCUT2D eigenvalue weighted by Crippen LogP contribution is -2.45. The smallest absolute Gasteiger partial charge is 0.478 e. The minimum absolute atomic E-state index is 0.0787. The quantitative estimate of drug-likeness (QED) is 0.00434. The minimum Gasteiger partial charge on any atom is -0.478 e. The third-order valence-electron chi connectivity index (χ3n) is 20.5. The summed E-state index contributed by atoms with van der Waals surface area (Å²) in [6.07, 6.45) is 9.03. The number of carbonyl (C=O) groups is 4. The molecule has 1 saturated heterocycles. The fourth-order valence-corrected chi connectivity index (χ4v) is 21.0. The molecule has 1 fully saturated rings. The summed E-state index contributed by atoms with van der Waals surface area (Å²) in [6, 6.07) is 17.1. The van der Waals surface area contributed by atoms with E-state index in [1.54, 1.807) is 22.9 Å². The maximum atomic E-state index is 14.3. The average molecular weight is 1740 g/mol. The second-order valence-electron chi connectivity index (χ2n) is 29.7. The number of nitrogens with one attached hydrogen (secondary N) is 4. The number of rotatable bonds is 39. The number of carbonyl (C=O) groups excluding carboxylic acids is 3. The number of aryl methyl sites for hydroxylation is 2. The molecule has 0 radical (unpaired) electrons. The van der Waals surface area contributed by atoms with Crippen LogP contribution in [-0.2, 0) is 101 Å². The summed E-state index contributed by atoms with van der Waals surface area (Å²) in [7, 11) is -11.2. The lowest BCUT2D eigenvalue weighted by molar-refractivity contribution is -0.121. The highest BCUT2D eigenvalue weighted by Gasteiger charge is 2.45. The Bertz CT molecular complexity index is 5130. The van der Waals surface area contributed by atoms with Gasteiger partial charge in [-0.15, -0.1) is 5.10 Å². The van der Waals surface area contributed by atoms with Crippen LogP contribution < -0.4 is 52.0 Å². The number of hydrogen-bond acceptors (Lipinski definition) is 25. The Morgan fingerprint density at radius 3 is 2.34 bits per heavy atom. The number of H-pyrrole nitrogens is 1. The molecule has 4 aromatic carbocycles. The molecule has 12 rings (SSSR count). The van der Waals surface area contributed by atoms with Crippen molar-refractivity contribution in [3.05, 3.63) is 160 Å². The first-order valence-corrected chi connectivity index (χ1v) is 47.7. The molecule has 8 heterocycles. The van der Waals surface area contributed by atoms with Crippen LogP contribution in [0.1, 0.15) is 170 Å². The predicted molar refractivity (Wildman–Crippen MR) is 436 cm³/mol. The van der Waals surface area contributed by atoms with Gasteiger partial charge in [-0.25, -0.2) is 32.7 Å². The highest BCUT2D eigenvalue weighted by Crippen LogP contribution is 2.66. The van der Waals surface area contributed by atoms with Crippen molar-refractivity contribution < 1.29 is 99.1 Å². The summed E-state index contributed by atoms with van der Waals surface area (Å²) in [5.41, 5.74) is 7.32. The number of fused-ring (bicyclic) bond motifs is 4. The fraction of sp³-hybridized carbons (Fsp3) is 0.513. The zero-order chi connectivity index (χ0) is 82.5. The molecule has 6 aliphatic heterocycles.